The van der Waals surface area contributed by atoms with E-state index >= 15 is 0 Å². The van der Waals surface area contributed by atoms with Crippen LogP contribution in [0.25, 0.3) is 0 Å². The maximum absolute atomic E-state index is 4.50. The molecule has 2 atom stereocenters. The highest BCUT2D eigenvalue weighted by molar-refractivity contribution is 9.09. The van der Waals surface area contributed by atoms with E-state index in [0.29, 0.717) is 16.7 Å². The van der Waals surface area contributed by atoms with Gasteiger partial charge in [-0.15, -0.1) is 0 Å². The summed E-state index contributed by atoms with van der Waals surface area (Å²) in [5, 5.41) is 4.50. The normalized spacial score (nSPS) is 15.4. The standard InChI is InChI=1S/C13H23BrN2/c1-6-11-7-12(16(5)15-11)8-13(9(2)3)10(4)14/h7,9-10,13H,6,8H2,1-5H3. The van der Waals surface area contributed by atoms with Crippen LogP contribution in [0.4, 0.5) is 0 Å². The largest absolute Gasteiger partial charge is 0.272 e. The van der Waals surface area contributed by atoms with E-state index in [0.717, 1.165) is 12.8 Å². The summed E-state index contributed by atoms with van der Waals surface area (Å²) in [6, 6.07) is 2.24. The zero-order valence-electron chi connectivity index (χ0n) is 11.0. The van der Waals surface area contributed by atoms with Crippen LogP contribution in [0.5, 0.6) is 0 Å². The Bertz CT molecular complexity index is 321. The number of hydrogen-bond acceptors (Lipinski definition) is 1. The Hall–Kier alpha value is -0.310. The maximum Gasteiger partial charge on any atom is 0.0624 e. The van der Waals surface area contributed by atoms with Crippen molar-refractivity contribution in [3.05, 3.63) is 17.5 Å². The molecule has 2 unspecified atom stereocenters. The molecule has 2 nitrogen and oxygen atoms in total. The van der Waals surface area contributed by atoms with Crippen molar-refractivity contribution >= 4 is 15.9 Å². The summed E-state index contributed by atoms with van der Waals surface area (Å²) in [6.07, 6.45) is 2.12. The van der Waals surface area contributed by atoms with Crippen molar-refractivity contribution in [3.63, 3.8) is 0 Å². The van der Waals surface area contributed by atoms with E-state index in [1.165, 1.54) is 11.4 Å². The molecule has 0 aromatic carbocycles. The first-order valence-electron chi connectivity index (χ1n) is 6.11. The van der Waals surface area contributed by atoms with E-state index in [-0.39, 0.29) is 0 Å². The third-order valence-corrected chi connectivity index (χ3v) is 3.96. The van der Waals surface area contributed by atoms with Crippen LogP contribution < -0.4 is 0 Å². The molecular weight excluding hydrogens is 264 g/mol. The van der Waals surface area contributed by atoms with Crippen LogP contribution >= 0.6 is 15.9 Å². The molecule has 1 heterocycles. The summed E-state index contributed by atoms with van der Waals surface area (Å²) in [4.78, 5) is 0.549. The monoisotopic (exact) mass is 286 g/mol. The van der Waals surface area contributed by atoms with Crippen LogP contribution in [-0.2, 0) is 19.9 Å². The third-order valence-electron chi connectivity index (χ3n) is 3.28. The fourth-order valence-corrected chi connectivity index (χ4v) is 2.90. The molecule has 0 fully saturated rings. The molecule has 92 valence electrons. The second-order valence-electron chi connectivity index (χ2n) is 4.89. The van der Waals surface area contributed by atoms with Crippen molar-refractivity contribution in [3.8, 4) is 0 Å². The molecule has 0 amide bonds. The van der Waals surface area contributed by atoms with Gasteiger partial charge < -0.3 is 0 Å². The minimum atomic E-state index is 0.549. The van der Waals surface area contributed by atoms with Crippen LogP contribution in [0.15, 0.2) is 6.07 Å². The van der Waals surface area contributed by atoms with Gasteiger partial charge in [-0.3, -0.25) is 4.68 Å². The summed E-state index contributed by atoms with van der Waals surface area (Å²) in [7, 11) is 2.05. The molecule has 1 rings (SSSR count). The van der Waals surface area contributed by atoms with Gasteiger partial charge in [0.1, 0.15) is 0 Å². The van der Waals surface area contributed by atoms with Crippen molar-refractivity contribution in [2.75, 3.05) is 0 Å². The van der Waals surface area contributed by atoms with Gasteiger partial charge in [0.2, 0.25) is 0 Å². The molecule has 0 spiro atoms. The van der Waals surface area contributed by atoms with E-state index in [2.05, 4.69) is 54.8 Å². The first-order valence-corrected chi connectivity index (χ1v) is 7.03. The lowest BCUT2D eigenvalue weighted by Crippen LogP contribution is -2.21. The number of nitrogens with zero attached hydrogens (tertiary/aromatic N) is 2. The molecule has 3 heteroatoms. The van der Waals surface area contributed by atoms with Gasteiger partial charge in [-0.1, -0.05) is 43.6 Å². The number of rotatable bonds is 5. The second kappa shape index (κ2) is 5.85. The summed E-state index contributed by atoms with van der Waals surface area (Å²) in [5.74, 6) is 1.36. The van der Waals surface area contributed by atoms with Crippen LogP contribution in [0.1, 0.15) is 39.1 Å². The van der Waals surface area contributed by atoms with Gasteiger partial charge in [-0.05, 0) is 30.7 Å². The van der Waals surface area contributed by atoms with Gasteiger partial charge >= 0.3 is 0 Å². The van der Waals surface area contributed by atoms with E-state index in [1.54, 1.807) is 0 Å². The summed E-state index contributed by atoms with van der Waals surface area (Å²) < 4.78 is 2.03. The fraction of sp³-hybridized carbons (Fsp3) is 0.769. The second-order valence-corrected chi connectivity index (χ2v) is 6.34. The van der Waals surface area contributed by atoms with Gasteiger partial charge in [0.15, 0.2) is 0 Å². The molecule has 0 aliphatic heterocycles. The lowest BCUT2D eigenvalue weighted by Gasteiger charge is -2.23. The Morgan fingerprint density at radius 2 is 2.00 bits per heavy atom. The maximum atomic E-state index is 4.50. The van der Waals surface area contributed by atoms with Gasteiger partial charge in [-0.25, -0.2) is 0 Å². The van der Waals surface area contributed by atoms with E-state index < -0.39 is 0 Å². The topological polar surface area (TPSA) is 17.8 Å². The number of aromatic nitrogens is 2. The predicted molar refractivity (Wildman–Crippen MR) is 73.0 cm³/mol. The van der Waals surface area contributed by atoms with Crippen molar-refractivity contribution in [2.45, 2.75) is 45.4 Å². The Labute approximate surface area is 108 Å². The zero-order valence-corrected chi connectivity index (χ0v) is 12.6. The Morgan fingerprint density at radius 3 is 2.38 bits per heavy atom. The number of halogens is 1. The number of hydrogen-bond donors (Lipinski definition) is 0. The highest BCUT2D eigenvalue weighted by Gasteiger charge is 2.20. The Kier molecular flexibility index (Phi) is 5.03. The molecule has 0 aliphatic carbocycles. The van der Waals surface area contributed by atoms with Crippen molar-refractivity contribution < 1.29 is 0 Å². The smallest absolute Gasteiger partial charge is 0.0624 e. The number of alkyl halides is 1. The SMILES string of the molecule is CCc1cc(CC(C(C)C)C(C)Br)n(C)n1. The van der Waals surface area contributed by atoms with E-state index in [9.17, 15) is 0 Å². The zero-order chi connectivity index (χ0) is 12.3. The minimum Gasteiger partial charge on any atom is -0.272 e. The van der Waals surface area contributed by atoms with Gasteiger partial charge in [0.25, 0.3) is 0 Å². The van der Waals surface area contributed by atoms with Crippen molar-refractivity contribution in [2.24, 2.45) is 18.9 Å². The van der Waals surface area contributed by atoms with Gasteiger partial charge in [0, 0.05) is 17.6 Å². The van der Waals surface area contributed by atoms with Crippen LogP contribution in [0, 0.1) is 11.8 Å². The van der Waals surface area contributed by atoms with Gasteiger partial charge in [-0.2, -0.15) is 5.10 Å². The molecular formula is C13H23BrN2. The Balaban J connectivity index is 2.80. The molecule has 0 saturated heterocycles. The highest BCUT2D eigenvalue weighted by atomic mass is 79.9. The molecule has 0 bridgehead atoms. The Morgan fingerprint density at radius 1 is 1.38 bits per heavy atom. The van der Waals surface area contributed by atoms with E-state index in [1.807, 2.05) is 11.7 Å². The summed E-state index contributed by atoms with van der Waals surface area (Å²) in [6.45, 7) is 8.97. The average molecular weight is 287 g/mol. The molecule has 0 aliphatic rings. The first-order chi connectivity index (χ1) is 7.45. The third kappa shape index (κ3) is 3.34. The van der Waals surface area contributed by atoms with Crippen LogP contribution in [0.3, 0.4) is 0 Å². The molecule has 0 radical (unpaired) electrons. The molecule has 0 N–H and O–H groups in total. The van der Waals surface area contributed by atoms with Crippen molar-refractivity contribution in [1.82, 2.24) is 9.78 Å². The lowest BCUT2D eigenvalue weighted by atomic mass is 9.89. The highest BCUT2D eigenvalue weighted by Crippen LogP contribution is 2.25. The molecule has 0 saturated carbocycles. The summed E-state index contributed by atoms with van der Waals surface area (Å²) >= 11 is 3.72. The fourth-order valence-electron chi connectivity index (χ4n) is 2.11. The van der Waals surface area contributed by atoms with Crippen molar-refractivity contribution in [1.29, 1.82) is 0 Å². The lowest BCUT2D eigenvalue weighted by molar-refractivity contribution is 0.375. The molecule has 1 aromatic rings. The predicted octanol–water partition coefficient (Wildman–Crippen LogP) is 3.58. The minimum absolute atomic E-state index is 0.549. The molecule has 16 heavy (non-hydrogen) atoms. The number of aryl methyl sites for hydroxylation is 2. The van der Waals surface area contributed by atoms with Gasteiger partial charge in [0.05, 0.1) is 5.69 Å². The quantitative estimate of drug-likeness (QED) is 0.757. The van der Waals surface area contributed by atoms with E-state index in [4.69, 9.17) is 0 Å². The molecule has 1 aromatic heterocycles. The average Bonchev–Trinajstić information content (AvgIpc) is 2.54. The first kappa shape index (κ1) is 13.8. The van der Waals surface area contributed by atoms with Crippen LogP contribution in [0.2, 0.25) is 0 Å². The summed E-state index contributed by atoms with van der Waals surface area (Å²) in [5.41, 5.74) is 2.55. The van der Waals surface area contributed by atoms with Crippen LogP contribution in [-0.4, -0.2) is 14.6 Å².